The van der Waals surface area contributed by atoms with Crippen molar-refractivity contribution in [2.24, 2.45) is 11.8 Å². The Labute approximate surface area is 109 Å². The quantitative estimate of drug-likeness (QED) is 0.607. The predicted molar refractivity (Wildman–Crippen MR) is 70.1 cm³/mol. The van der Waals surface area contributed by atoms with Crippen molar-refractivity contribution in [1.82, 2.24) is 9.80 Å². The lowest BCUT2D eigenvalue weighted by Crippen LogP contribution is -2.65. The molecule has 4 atom stereocenters. The molecule has 4 rings (SSSR count). The standard InChI is InChI=1S/C15H22N2O/c18-14-7-1-6-13-12-5-3-9-16-8-2-4-11(15(12)16)10-17(13)14/h1,6,11-13,15H,2-5,7-10H2/t11-,12-,13-,15+/m1/s1. The van der Waals surface area contributed by atoms with Crippen LogP contribution in [0.4, 0.5) is 0 Å². The van der Waals surface area contributed by atoms with Gasteiger partial charge in [-0.2, -0.15) is 0 Å². The van der Waals surface area contributed by atoms with Crippen molar-refractivity contribution in [3.05, 3.63) is 12.2 Å². The lowest BCUT2D eigenvalue weighted by molar-refractivity contribution is -0.143. The van der Waals surface area contributed by atoms with Crippen molar-refractivity contribution in [1.29, 1.82) is 0 Å². The zero-order valence-corrected chi connectivity index (χ0v) is 10.9. The summed E-state index contributed by atoms with van der Waals surface area (Å²) in [5.41, 5.74) is 0. The minimum absolute atomic E-state index is 0.364. The molecule has 0 bridgehead atoms. The van der Waals surface area contributed by atoms with Crippen LogP contribution in [0.1, 0.15) is 32.1 Å². The molecule has 0 saturated carbocycles. The summed E-state index contributed by atoms with van der Waals surface area (Å²) in [5.74, 6) is 1.82. The Morgan fingerprint density at radius 3 is 2.89 bits per heavy atom. The van der Waals surface area contributed by atoms with E-state index in [4.69, 9.17) is 0 Å². The highest BCUT2D eigenvalue weighted by Gasteiger charge is 2.49. The molecule has 4 aliphatic rings. The summed E-state index contributed by atoms with van der Waals surface area (Å²) in [4.78, 5) is 17.0. The number of amides is 1. The molecule has 18 heavy (non-hydrogen) atoms. The van der Waals surface area contributed by atoms with Gasteiger partial charge in [0.15, 0.2) is 0 Å². The van der Waals surface area contributed by atoms with Gasteiger partial charge in [0.2, 0.25) is 5.91 Å². The van der Waals surface area contributed by atoms with E-state index in [1.54, 1.807) is 0 Å². The van der Waals surface area contributed by atoms with Gasteiger partial charge >= 0.3 is 0 Å². The fourth-order valence-electron chi connectivity index (χ4n) is 4.87. The highest BCUT2D eigenvalue weighted by molar-refractivity contribution is 5.79. The second kappa shape index (κ2) is 4.09. The van der Waals surface area contributed by atoms with Gasteiger partial charge in [0.1, 0.15) is 0 Å². The van der Waals surface area contributed by atoms with Crippen LogP contribution in [-0.2, 0) is 4.79 Å². The minimum atomic E-state index is 0.364. The van der Waals surface area contributed by atoms with E-state index < -0.39 is 0 Å². The van der Waals surface area contributed by atoms with Crippen molar-refractivity contribution in [3.63, 3.8) is 0 Å². The van der Waals surface area contributed by atoms with E-state index in [1.807, 2.05) is 0 Å². The van der Waals surface area contributed by atoms with Crippen molar-refractivity contribution in [3.8, 4) is 0 Å². The van der Waals surface area contributed by atoms with Crippen LogP contribution in [0.3, 0.4) is 0 Å². The molecule has 4 aliphatic heterocycles. The number of carbonyl (C=O) groups excluding carboxylic acids is 1. The zero-order valence-electron chi connectivity index (χ0n) is 10.9. The van der Waals surface area contributed by atoms with Crippen LogP contribution in [0.5, 0.6) is 0 Å². The molecular weight excluding hydrogens is 224 g/mol. The minimum Gasteiger partial charge on any atom is -0.335 e. The molecule has 3 heteroatoms. The predicted octanol–water partition coefficient (Wildman–Crippen LogP) is 1.65. The zero-order chi connectivity index (χ0) is 12.1. The molecule has 0 spiro atoms. The van der Waals surface area contributed by atoms with Gasteiger partial charge in [-0.15, -0.1) is 0 Å². The second-order valence-corrected chi connectivity index (χ2v) is 6.40. The largest absolute Gasteiger partial charge is 0.335 e. The molecule has 0 aromatic rings. The van der Waals surface area contributed by atoms with Crippen LogP contribution in [-0.4, -0.2) is 47.4 Å². The molecule has 0 aliphatic carbocycles. The Kier molecular flexibility index (Phi) is 2.51. The van der Waals surface area contributed by atoms with Crippen LogP contribution in [0.25, 0.3) is 0 Å². The fraction of sp³-hybridized carbons (Fsp3) is 0.800. The third kappa shape index (κ3) is 1.49. The van der Waals surface area contributed by atoms with Crippen molar-refractivity contribution < 1.29 is 4.79 Å². The molecule has 4 heterocycles. The van der Waals surface area contributed by atoms with Gasteiger partial charge in [-0.1, -0.05) is 12.2 Å². The van der Waals surface area contributed by atoms with Gasteiger partial charge in [-0.25, -0.2) is 0 Å². The third-order valence-electron chi connectivity index (χ3n) is 5.52. The molecule has 0 aromatic heterocycles. The molecule has 0 aromatic carbocycles. The molecule has 0 radical (unpaired) electrons. The number of rotatable bonds is 0. The van der Waals surface area contributed by atoms with Gasteiger partial charge in [-0.3, -0.25) is 9.69 Å². The SMILES string of the molecule is O=C1CC=C[C@@H]2[C@H]3CCCN4CCC[C@H](CN12)[C@@H]34. The maximum Gasteiger partial charge on any atom is 0.226 e. The highest BCUT2D eigenvalue weighted by atomic mass is 16.2. The number of fused-ring (bicyclic) bond motifs is 2. The second-order valence-electron chi connectivity index (χ2n) is 6.40. The Hall–Kier alpha value is -0.830. The summed E-state index contributed by atoms with van der Waals surface area (Å²) in [7, 11) is 0. The maximum absolute atomic E-state index is 12.1. The van der Waals surface area contributed by atoms with Crippen LogP contribution < -0.4 is 0 Å². The van der Waals surface area contributed by atoms with Crippen LogP contribution in [0.15, 0.2) is 12.2 Å². The first-order valence-corrected chi connectivity index (χ1v) is 7.55. The summed E-state index contributed by atoms with van der Waals surface area (Å²) in [6, 6.07) is 1.18. The highest BCUT2D eigenvalue weighted by Crippen LogP contribution is 2.43. The van der Waals surface area contributed by atoms with E-state index in [0.717, 1.165) is 18.5 Å². The number of piperidine rings is 3. The lowest BCUT2D eigenvalue weighted by Gasteiger charge is -2.57. The summed E-state index contributed by atoms with van der Waals surface area (Å²) in [6.45, 7) is 3.61. The summed E-state index contributed by atoms with van der Waals surface area (Å²) < 4.78 is 0. The van der Waals surface area contributed by atoms with E-state index in [-0.39, 0.29) is 0 Å². The van der Waals surface area contributed by atoms with E-state index >= 15 is 0 Å². The van der Waals surface area contributed by atoms with E-state index in [2.05, 4.69) is 22.0 Å². The first-order chi connectivity index (χ1) is 8.84. The molecule has 3 saturated heterocycles. The number of nitrogens with zero attached hydrogens (tertiary/aromatic N) is 2. The van der Waals surface area contributed by atoms with Gasteiger partial charge < -0.3 is 4.90 Å². The van der Waals surface area contributed by atoms with Crippen molar-refractivity contribution >= 4 is 5.91 Å². The Morgan fingerprint density at radius 2 is 2.00 bits per heavy atom. The first-order valence-electron chi connectivity index (χ1n) is 7.55. The summed E-state index contributed by atoms with van der Waals surface area (Å²) in [6.07, 6.45) is 10.3. The van der Waals surface area contributed by atoms with Crippen molar-refractivity contribution in [2.75, 3.05) is 19.6 Å². The Bertz CT molecular complexity index is 390. The molecule has 98 valence electrons. The van der Waals surface area contributed by atoms with E-state index in [1.165, 1.54) is 38.8 Å². The molecule has 3 nitrogen and oxygen atoms in total. The molecule has 1 amide bonds. The van der Waals surface area contributed by atoms with Gasteiger partial charge in [0.25, 0.3) is 0 Å². The number of hydrogen-bond donors (Lipinski definition) is 0. The normalized spacial score (nSPS) is 43.6. The summed E-state index contributed by atoms with van der Waals surface area (Å²) in [5, 5.41) is 0. The molecule has 0 N–H and O–H groups in total. The number of hydrogen-bond acceptors (Lipinski definition) is 2. The van der Waals surface area contributed by atoms with Crippen LogP contribution in [0, 0.1) is 11.8 Å². The lowest BCUT2D eigenvalue weighted by atomic mass is 9.69. The van der Waals surface area contributed by atoms with Crippen LogP contribution >= 0.6 is 0 Å². The van der Waals surface area contributed by atoms with Gasteiger partial charge in [0.05, 0.1) is 6.04 Å². The third-order valence-corrected chi connectivity index (χ3v) is 5.52. The van der Waals surface area contributed by atoms with Gasteiger partial charge in [0, 0.05) is 19.0 Å². The molecule has 3 fully saturated rings. The summed E-state index contributed by atoms with van der Waals surface area (Å²) >= 11 is 0. The monoisotopic (exact) mass is 246 g/mol. The average molecular weight is 246 g/mol. The van der Waals surface area contributed by atoms with E-state index in [9.17, 15) is 4.79 Å². The average Bonchev–Trinajstić information content (AvgIpc) is 2.41. The number of carbonyl (C=O) groups is 1. The van der Waals surface area contributed by atoms with Crippen LogP contribution in [0.2, 0.25) is 0 Å². The topological polar surface area (TPSA) is 23.6 Å². The molecular formula is C15H22N2O. The Morgan fingerprint density at radius 1 is 1.17 bits per heavy atom. The smallest absolute Gasteiger partial charge is 0.226 e. The van der Waals surface area contributed by atoms with Crippen molar-refractivity contribution in [2.45, 2.75) is 44.2 Å². The molecule has 0 unspecified atom stereocenters. The first kappa shape index (κ1) is 11.0. The fourth-order valence-corrected chi connectivity index (χ4v) is 4.87. The Balaban J connectivity index is 1.69. The maximum atomic E-state index is 12.1. The van der Waals surface area contributed by atoms with Gasteiger partial charge in [-0.05, 0) is 50.6 Å². The van der Waals surface area contributed by atoms with E-state index in [0.29, 0.717) is 24.3 Å².